The number of nitrogens with zero attached hydrogens (tertiary/aromatic N) is 2. The molecule has 8 heteroatoms. The first kappa shape index (κ1) is 19.2. The van der Waals surface area contributed by atoms with E-state index >= 15 is 0 Å². The molecular formula is C23H23N5O3. The number of ether oxygens (including phenoxy) is 1. The highest BCUT2D eigenvalue weighted by molar-refractivity contribution is 6.05. The second-order valence-electron chi connectivity index (χ2n) is 7.76. The molecule has 0 saturated carbocycles. The normalized spacial score (nSPS) is 16.4. The zero-order chi connectivity index (χ0) is 21.4. The van der Waals surface area contributed by atoms with Crippen molar-refractivity contribution in [3.05, 3.63) is 54.2 Å². The van der Waals surface area contributed by atoms with Crippen molar-refractivity contribution in [1.82, 2.24) is 20.5 Å². The van der Waals surface area contributed by atoms with Crippen LogP contribution in [0, 0.1) is 5.92 Å². The van der Waals surface area contributed by atoms with E-state index < -0.39 is 0 Å². The molecule has 5 rings (SSSR count). The fourth-order valence-electron chi connectivity index (χ4n) is 4.20. The van der Waals surface area contributed by atoms with E-state index in [9.17, 15) is 9.59 Å². The lowest BCUT2D eigenvalue weighted by atomic mass is 10.1. The Morgan fingerprint density at radius 1 is 1.23 bits per heavy atom. The number of H-pyrrole nitrogens is 2. The maximum Gasteiger partial charge on any atom is 0.229 e. The fraction of sp³-hybridized carbons (Fsp3) is 0.261. The van der Waals surface area contributed by atoms with Crippen molar-refractivity contribution in [3.63, 3.8) is 0 Å². The highest BCUT2D eigenvalue weighted by atomic mass is 16.5. The van der Waals surface area contributed by atoms with Gasteiger partial charge in [-0.2, -0.15) is 5.10 Å². The van der Waals surface area contributed by atoms with Crippen LogP contribution in [0.4, 0.5) is 5.82 Å². The lowest BCUT2D eigenvalue weighted by Gasteiger charge is -2.14. The van der Waals surface area contributed by atoms with Crippen molar-refractivity contribution in [2.24, 2.45) is 5.92 Å². The average Bonchev–Trinajstić information content (AvgIpc) is 3.50. The Bertz CT molecular complexity index is 1270. The van der Waals surface area contributed by atoms with E-state index in [1.165, 1.54) is 0 Å². The van der Waals surface area contributed by atoms with E-state index in [1.54, 1.807) is 12.0 Å². The minimum atomic E-state index is -0.383. The molecular weight excluding hydrogens is 394 g/mol. The summed E-state index contributed by atoms with van der Waals surface area (Å²) in [7, 11) is 1.64. The van der Waals surface area contributed by atoms with Gasteiger partial charge in [0.15, 0.2) is 5.82 Å². The molecule has 3 heterocycles. The van der Waals surface area contributed by atoms with Crippen LogP contribution >= 0.6 is 0 Å². The van der Waals surface area contributed by atoms with E-state index in [2.05, 4.69) is 20.5 Å². The number of benzene rings is 2. The number of aromatic nitrogens is 3. The van der Waals surface area contributed by atoms with Crippen molar-refractivity contribution < 1.29 is 14.3 Å². The van der Waals surface area contributed by atoms with Crippen molar-refractivity contribution in [1.29, 1.82) is 0 Å². The summed E-state index contributed by atoms with van der Waals surface area (Å²) in [6.07, 6.45) is 2.84. The highest BCUT2D eigenvalue weighted by Crippen LogP contribution is 2.29. The van der Waals surface area contributed by atoms with Gasteiger partial charge in [0.1, 0.15) is 5.75 Å². The summed E-state index contributed by atoms with van der Waals surface area (Å²) in [5, 5.41) is 12.2. The fourth-order valence-corrected chi connectivity index (χ4v) is 4.20. The minimum Gasteiger partial charge on any atom is -0.497 e. The standard InChI is InChI=1S/C23H23N5O3/c1-31-16-6-7-19-18(11-16)14(12-25-19)8-9-24-23(30)15-10-21(29)28(13-15)22-17-4-2-3-5-20(17)26-27-22/h2-7,11-12,15,25H,8-10,13H2,1H3,(H,24,30)(H,26,27)/t15-/m1/s1. The molecule has 3 N–H and O–H groups in total. The van der Waals surface area contributed by atoms with Gasteiger partial charge in [-0.05, 0) is 42.3 Å². The third-order valence-corrected chi connectivity index (χ3v) is 5.87. The summed E-state index contributed by atoms with van der Waals surface area (Å²) in [4.78, 5) is 30.1. The van der Waals surface area contributed by atoms with Gasteiger partial charge in [-0.1, -0.05) is 12.1 Å². The SMILES string of the molecule is COc1ccc2[nH]cc(CCNC(=O)[C@@H]3CC(=O)N(c4n[nH]c5ccccc45)C3)c2c1. The molecule has 1 aliphatic rings. The molecule has 2 amide bonds. The van der Waals surface area contributed by atoms with Gasteiger partial charge in [0.2, 0.25) is 11.8 Å². The van der Waals surface area contributed by atoms with E-state index in [1.807, 2.05) is 48.7 Å². The van der Waals surface area contributed by atoms with Crippen LogP contribution in [0.15, 0.2) is 48.7 Å². The van der Waals surface area contributed by atoms with Gasteiger partial charge in [0.25, 0.3) is 0 Å². The smallest absolute Gasteiger partial charge is 0.229 e. The number of aromatic amines is 2. The molecule has 0 radical (unpaired) electrons. The van der Waals surface area contributed by atoms with Crippen LogP contribution in [0.25, 0.3) is 21.8 Å². The molecule has 8 nitrogen and oxygen atoms in total. The average molecular weight is 417 g/mol. The summed E-state index contributed by atoms with van der Waals surface area (Å²) in [6.45, 7) is 0.836. The number of rotatable bonds is 6. The Labute approximate surface area is 178 Å². The number of hydrogen-bond donors (Lipinski definition) is 3. The number of nitrogens with one attached hydrogen (secondary N) is 3. The van der Waals surface area contributed by atoms with Gasteiger partial charge in [-0.15, -0.1) is 0 Å². The maximum absolute atomic E-state index is 12.7. The Balaban J connectivity index is 1.22. The maximum atomic E-state index is 12.7. The van der Waals surface area contributed by atoms with Crippen LogP contribution in [0.5, 0.6) is 5.75 Å². The number of methoxy groups -OCH3 is 1. The van der Waals surface area contributed by atoms with Crippen LogP contribution in [-0.4, -0.2) is 47.2 Å². The van der Waals surface area contributed by atoms with Gasteiger partial charge in [0.05, 0.1) is 18.5 Å². The summed E-state index contributed by atoms with van der Waals surface area (Å²) >= 11 is 0. The second-order valence-corrected chi connectivity index (χ2v) is 7.76. The Morgan fingerprint density at radius 2 is 2.10 bits per heavy atom. The molecule has 0 unspecified atom stereocenters. The Morgan fingerprint density at radius 3 is 2.97 bits per heavy atom. The topological polar surface area (TPSA) is 103 Å². The van der Waals surface area contributed by atoms with Crippen molar-refractivity contribution in [2.45, 2.75) is 12.8 Å². The van der Waals surface area contributed by atoms with Gasteiger partial charge >= 0.3 is 0 Å². The predicted octanol–water partition coefficient (Wildman–Crippen LogP) is 2.76. The Hall–Kier alpha value is -3.81. The number of anilines is 1. The molecule has 1 atom stereocenters. The summed E-state index contributed by atoms with van der Waals surface area (Å²) in [5.41, 5.74) is 3.01. The lowest BCUT2D eigenvalue weighted by Crippen LogP contribution is -2.34. The number of para-hydroxylation sites is 1. The van der Waals surface area contributed by atoms with Gasteiger partial charge in [-0.25, -0.2) is 0 Å². The van der Waals surface area contributed by atoms with Gasteiger partial charge < -0.3 is 15.0 Å². The first-order chi connectivity index (χ1) is 15.1. The number of hydrogen-bond acceptors (Lipinski definition) is 4. The number of carbonyl (C=O) groups excluding carboxylic acids is 2. The molecule has 2 aromatic carbocycles. The molecule has 1 fully saturated rings. The molecule has 1 saturated heterocycles. The first-order valence-electron chi connectivity index (χ1n) is 10.3. The van der Waals surface area contributed by atoms with E-state index in [0.29, 0.717) is 25.3 Å². The van der Waals surface area contributed by atoms with Crippen LogP contribution in [0.3, 0.4) is 0 Å². The Kier molecular flexibility index (Phi) is 4.82. The predicted molar refractivity (Wildman–Crippen MR) is 118 cm³/mol. The first-order valence-corrected chi connectivity index (χ1v) is 10.3. The molecule has 4 aromatic rings. The number of amides is 2. The van der Waals surface area contributed by atoms with Crippen LogP contribution in [0.1, 0.15) is 12.0 Å². The van der Waals surface area contributed by atoms with Crippen LogP contribution in [-0.2, 0) is 16.0 Å². The molecule has 31 heavy (non-hydrogen) atoms. The monoisotopic (exact) mass is 417 g/mol. The van der Waals surface area contributed by atoms with E-state index in [4.69, 9.17) is 4.74 Å². The zero-order valence-electron chi connectivity index (χ0n) is 17.1. The van der Waals surface area contributed by atoms with Gasteiger partial charge in [0, 0.05) is 42.0 Å². The van der Waals surface area contributed by atoms with Crippen molar-refractivity contribution in [3.8, 4) is 5.75 Å². The van der Waals surface area contributed by atoms with Crippen LogP contribution < -0.4 is 15.0 Å². The van der Waals surface area contributed by atoms with E-state index in [-0.39, 0.29) is 24.2 Å². The molecule has 158 valence electrons. The van der Waals surface area contributed by atoms with E-state index in [0.717, 1.165) is 33.1 Å². The third-order valence-electron chi connectivity index (χ3n) is 5.87. The summed E-state index contributed by atoms with van der Waals surface area (Å²) < 4.78 is 5.31. The van der Waals surface area contributed by atoms with Crippen molar-refractivity contribution in [2.75, 3.05) is 25.1 Å². The molecule has 2 aromatic heterocycles. The third kappa shape index (κ3) is 3.50. The molecule has 1 aliphatic heterocycles. The number of fused-ring (bicyclic) bond motifs is 2. The number of carbonyl (C=O) groups is 2. The zero-order valence-corrected chi connectivity index (χ0v) is 17.1. The highest BCUT2D eigenvalue weighted by Gasteiger charge is 2.36. The second kappa shape index (κ2) is 7.79. The molecule has 0 bridgehead atoms. The quantitative estimate of drug-likeness (QED) is 0.449. The summed E-state index contributed by atoms with van der Waals surface area (Å²) in [6, 6.07) is 13.5. The lowest BCUT2D eigenvalue weighted by molar-refractivity contribution is -0.126. The van der Waals surface area contributed by atoms with Crippen LogP contribution in [0.2, 0.25) is 0 Å². The minimum absolute atomic E-state index is 0.0823. The molecule has 0 spiro atoms. The van der Waals surface area contributed by atoms with Crippen molar-refractivity contribution >= 4 is 39.4 Å². The molecule has 0 aliphatic carbocycles. The van der Waals surface area contributed by atoms with Gasteiger partial charge in [-0.3, -0.25) is 19.6 Å². The largest absolute Gasteiger partial charge is 0.497 e. The summed E-state index contributed by atoms with van der Waals surface area (Å²) in [5.74, 6) is 0.816.